The smallest absolute Gasteiger partial charge is 0.220 e. The van der Waals surface area contributed by atoms with Crippen LogP contribution in [0.15, 0.2) is 29.9 Å². The number of aryl methyl sites for hydroxylation is 1. The van der Waals surface area contributed by atoms with Crippen molar-refractivity contribution in [2.24, 2.45) is 5.92 Å². The van der Waals surface area contributed by atoms with E-state index >= 15 is 0 Å². The van der Waals surface area contributed by atoms with E-state index in [9.17, 15) is 4.79 Å². The van der Waals surface area contributed by atoms with Crippen LogP contribution in [0.5, 0.6) is 0 Å². The lowest BCUT2D eigenvalue weighted by atomic mass is 10.1. The largest absolute Gasteiger partial charge is 0.356 e. The summed E-state index contributed by atoms with van der Waals surface area (Å²) in [5, 5.41) is 5.92. The summed E-state index contributed by atoms with van der Waals surface area (Å²) >= 11 is 1.59. The van der Waals surface area contributed by atoms with E-state index in [1.165, 1.54) is 0 Å². The molecule has 1 amide bonds. The summed E-state index contributed by atoms with van der Waals surface area (Å²) < 4.78 is 0. The maximum Gasteiger partial charge on any atom is 0.220 e. The maximum absolute atomic E-state index is 11.7. The molecule has 2 heterocycles. The van der Waals surface area contributed by atoms with Gasteiger partial charge in [0.1, 0.15) is 5.01 Å². The van der Waals surface area contributed by atoms with Gasteiger partial charge >= 0.3 is 0 Å². The topological polar surface area (TPSA) is 54.9 Å². The number of thiazole rings is 1. The van der Waals surface area contributed by atoms with Crippen LogP contribution in [0.1, 0.15) is 32.4 Å². The van der Waals surface area contributed by atoms with Crippen molar-refractivity contribution in [1.82, 2.24) is 15.3 Å². The Morgan fingerprint density at radius 1 is 1.43 bits per heavy atom. The van der Waals surface area contributed by atoms with E-state index in [-0.39, 0.29) is 5.91 Å². The second kappa shape index (κ2) is 7.88. The van der Waals surface area contributed by atoms with Gasteiger partial charge < -0.3 is 5.32 Å². The Bertz CT molecular complexity index is 566. The lowest BCUT2D eigenvalue weighted by Crippen LogP contribution is -2.25. The molecule has 0 spiro atoms. The number of carbonyl (C=O) groups excluding carboxylic acids is 1. The van der Waals surface area contributed by atoms with Crippen molar-refractivity contribution in [2.75, 3.05) is 6.54 Å². The van der Waals surface area contributed by atoms with Crippen molar-refractivity contribution >= 4 is 17.2 Å². The molecule has 2 rings (SSSR count). The summed E-state index contributed by atoms with van der Waals surface area (Å²) in [5.74, 6) is 0.720. The van der Waals surface area contributed by atoms with Gasteiger partial charge in [-0.1, -0.05) is 13.8 Å². The van der Waals surface area contributed by atoms with E-state index in [0.29, 0.717) is 18.8 Å². The normalized spacial score (nSPS) is 10.8. The summed E-state index contributed by atoms with van der Waals surface area (Å²) in [6.45, 7) is 5.07. The molecule has 0 atom stereocenters. The first kappa shape index (κ1) is 15.6. The lowest BCUT2D eigenvalue weighted by molar-refractivity contribution is -0.121. The molecule has 0 saturated carbocycles. The highest BCUT2D eigenvalue weighted by molar-refractivity contribution is 7.13. The van der Waals surface area contributed by atoms with E-state index in [4.69, 9.17) is 0 Å². The third-order valence-electron chi connectivity index (χ3n) is 3.11. The molecule has 5 heteroatoms. The summed E-state index contributed by atoms with van der Waals surface area (Å²) in [6.07, 6.45) is 5.76. The lowest BCUT2D eigenvalue weighted by Gasteiger charge is -2.06. The molecule has 0 aromatic carbocycles. The van der Waals surface area contributed by atoms with Crippen LogP contribution in [0, 0.1) is 5.92 Å². The summed E-state index contributed by atoms with van der Waals surface area (Å²) in [6, 6.07) is 3.90. The molecule has 0 saturated heterocycles. The van der Waals surface area contributed by atoms with Crippen molar-refractivity contribution in [3.05, 3.63) is 35.6 Å². The summed E-state index contributed by atoms with van der Waals surface area (Å²) in [7, 11) is 0. The fourth-order valence-corrected chi connectivity index (χ4v) is 2.72. The van der Waals surface area contributed by atoms with Crippen LogP contribution in [0.2, 0.25) is 0 Å². The van der Waals surface area contributed by atoms with Gasteiger partial charge in [0.05, 0.1) is 5.69 Å². The number of nitrogens with zero attached hydrogens (tertiary/aromatic N) is 2. The maximum atomic E-state index is 11.7. The molecule has 0 aliphatic carbocycles. The number of rotatable bonds is 7. The monoisotopic (exact) mass is 303 g/mol. The summed E-state index contributed by atoms with van der Waals surface area (Å²) in [4.78, 5) is 20.4. The molecule has 2 aromatic heterocycles. The quantitative estimate of drug-likeness (QED) is 0.854. The third-order valence-corrected chi connectivity index (χ3v) is 4.05. The van der Waals surface area contributed by atoms with E-state index in [0.717, 1.165) is 29.2 Å². The van der Waals surface area contributed by atoms with Crippen LogP contribution in [0.4, 0.5) is 0 Å². The van der Waals surface area contributed by atoms with Gasteiger partial charge in [0.25, 0.3) is 0 Å². The van der Waals surface area contributed by atoms with Crippen LogP contribution in [-0.4, -0.2) is 22.4 Å². The number of hydrogen-bond donors (Lipinski definition) is 1. The molecule has 0 fully saturated rings. The minimum atomic E-state index is 0.103. The highest BCUT2D eigenvalue weighted by Gasteiger charge is 2.07. The Hall–Kier alpha value is -1.75. The minimum Gasteiger partial charge on any atom is -0.356 e. The first-order valence-corrected chi connectivity index (χ1v) is 8.14. The molecule has 0 radical (unpaired) electrons. The van der Waals surface area contributed by atoms with Gasteiger partial charge in [-0.3, -0.25) is 9.78 Å². The van der Waals surface area contributed by atoms with Gasteiger partial charge in [0, 0.05) is 36.3 Å². The number of aromatic nitrogens is 2. The van der Waals surface area contributed by atoms with Gasteiger partial charge in [0.2, 0.25) is 5.91 Å². The predicted octanol–water partition coefficient (Wildman–Crippen LogP) is 3.30. The van der Waals surface area contributed by atoms with E-state index in [2.05, 4.69) is 29.1 Å². The van der Waals surface area contributed by atoms with Crippen molar-refractivity contribution < 1.29 is 4.79 Å². The Morgan fingerprint density at radius 3 is 3.00 bits per heavy atom. The molecular formula is C16H21N3OS. The average Bonchev–Trinajstić information content (AvgIpc) is 2.94. The summed E-state index contributed by atoms with van der Waals surface area (Å²) in [5.41, 5.74) is 1.99. The zero-order valence-electron chi connectivity index (χ0n) is 12.5. The number of nitrogens with one attached hydrogen (secondary N) is 1. The van der Waals surface area contributed by atoms with Crippen LogP contribution >= 0.6 is 11.3 Å². The Morgan fingerprint density at radius 2 is 2.29 bits per heavy atom. The third kappa shape index (κ3) is 5.27. The van der Waals surface area contributed by atoms with Crippen molar-refractivity contribution in [3.8, 4) is 10.6 Å². The van der Waals surface area contributed by atoms with E-state index in [1.54, 1.807) is 23.7 Å². The molecule has 0 aliphatic rings. The zero-order chi connectivity index (χ0) is 15.1. The van der Waals surface area contributed by atoms with Gasteiger partial charge in [0.15, 0.2) is 0 Å². The highest BCUT2D eigenvalue weighted by Crippen LogP contribution is 2.23. The fourth-order valence-electron chi connectivity index (χ4n) is 1.87. The average molecular weight is 303 g/mol. The predicted molar refractivity (Wildman–Crippen MR) is 86.1 cm³/mol. The SMILES string of the molecule is CC(C)CCNC(=O)CCc1csc(-c2cccnc2)n1. The minimum absolute atomic E-state index is 0.103. The van der Waals surface area contributed by atoms with Crippen LogP contribution in [-0.2, 0) is 11.2 Å². The van der Waals surface area contributed by atoms with Gasteiger partial charge in [-0.2, -0.15) is 0 Å². The molecule has 1 N–H and O–H groups in total. The molecule has 0 bridgehead atoms. The van der Waals surface area contributed by atoms with Crippen molar-refractivity contribution in [3.63, 3.8) is 0 Å². The van der Waals surface area contributed by atoms with Gasteiger partial charge in [-0.15, -0.1) is 11.3 Å². The highest BCUT2D eigenvalue weighted by atomic mass is 32.1. The Kier molecular flexibility index (Phi) is 5.87. The van der Waals surface area contributed by atoms with Crippen molar-refractivity contribution in [1.29, 1.82) is 0 Å². The standard InChI is InChI=1S/C16H21N3OS/c1-12(2)7-9-18-15(20)6-5-14-11-21-16(19-14)13-4-3-8-17-10-13/h3-4,8,10-12H,5-7,9H2,1-2H3,(H,18,20). The molecule has 112 valence electrons. The second-order valence-electron chi connectivity index (χ2n) is 5.42. The Labute approximate surface area is 129 Å². The van der Waals surface area contributed by atoms with Crippen LogP contribution in [0.25, 0.3) is 10.6 Å². The zero-order valence-corrected chi connectivity index (χ0v) is 13.3. The number of hydrogen-bond acceptors (Lipinski definition) is 4. The number of carbonyl (C=O) groups is 1. The van der Waals surface area contributed by atoms with Crippen LogP contribution in [0.3, 0.4) is 0 Å². The molecule has 2 aromatic rings. The Balaban J connectivity index is 1.79. The molecule has 21 heavy (non-hydrogen) atoms. The van der Waals surface area contributed by atoms with E-state index in [1.807, 2.05) is 17.5 Å². The molecule has 0 aliphatic heterocycles. The number of pyridine rings is 1. The van der Waals surface area contributed by atoms with E-state index < -0.39 is 0 Å². The second-order valence-corrected chi connectivity index (χ2v) is 6.28. The molecule has 4 nitrogen and oxygen atoms in total. The molecular weight excluding hydrogens is 282 g/mol. The fraction of sp³-hybridized carbons (Fsp3) is 0.438. The van der Waals surface area contributed by atoms with Gasteiger partial charge in [-0.05, 0) is 30.9 Å². The first-order valence-electron chi connectivity index (χ1n) is 7.26. The van der Waals surface area contributed by atoms with Gasteiger partial charge in [-0.25, -0.2) is 4.98 Å². The van der Waals surface area contributed by atoms with Crippen LogP contribution < -0.4 is 5.32 Å². The van der Waals surface area contributed by atoms with Crippen molar-refractivity contribution in [2.45, 2.75) is 33.1 Å². The molecule has 0 unspecified atom stereocenters. The number of amides is 1. The first-order chi connectivity index (χ1) is 10.1.